The number of rotatable bonds is 3. The topological polar surface area (TPSA) is 92.8 Å². The van der Waals surface area contributed by atoms with Crippen molar-refractivity contribution in [3.05, 3.63) is 17.2 Å². The van der Waals surface area contributed by atoms with E-state index in [-0.39, 0.29) is 34.1 Å². The van der Waals surface area contributed by atoms with Crippen LogP contribution in [-0.2, 0) is 6.61 Å². The molecule has 0 aliphatic rings. The van der Waals surface area contributed by atoms with Crippen LogP contribution < -0.4 is 10.5 Å². The van der Waals surface area contributed by atoms with Gasteiger partial charge in [0.15, 0.2) is 17.3 Å². The number of nitrogens with two attached hydrogens (primary N) is 1. The minimum absolute atomic E-state index is 0.0864. The maximum Gasteiger partial charge on any atom is 0.165 e. The Balaban J connectivity index is 3.51. The molecule has 0 spiro atoms. The van der Waals surface area contributed by atoms with Crippen molar-refractivity contribution in [2.45, 2.75) is 13.5 Å². The summed E-state index contributed by atoms with van der Waals surface area (Å²) in [6.07, 6.45) is 0. The van der Waals surface area contributed by atoms with E-state index in [1.165, 1.54) is 20.1 Å². The second-order valence-electron chi connectivity index (χ2n) is 3.08. The number of aliphatic hydroxyl groups excluding tert-OH is 1. The molecule has 1 rings (SSSR count). The van der Waals surface area contributed by atoms with E-state index >= 15 is 0 Å². The lowest BCUT2D eigenvalue weighted by Crippen LogP contribution is -2.05. The SMILES string of the molecule is COc1cc(C(C)=O)c(N)c(CO)c1O. The summed E-state index contributed by atoms with van der Waals surface area (Å²) < 4.78 is 4.86. The lowest BCUT2D eigenvalue weighted by atomic mass is 10.0. The van der Waals surface area contributed by atoms with Gasteiger partial charge in [-0.25, -0.2) is 0 Å². The maximum absolute atomic E-state index is 11.2. The van der Waals surface area contributed by atoms with Gasteiger partial charge in [0.1, 0.15) is 0 Å². The van der Waals surface area contributed by atoms with Crippen molar-refractivity contribution in [2.24, 2.45) is 0 Å². The summed E-state index contributed by atoms with van der Waals surface area (Å²) >= 11 is 0. The van der Waals surface area contributed by atoms with Crippen LogP contribution in [0.25, 0.3) is 0 Å². The van der Waals surface area contributed by atoms with Crippen LogP contribution in [0.2, 0.25) is 0 Å². The van der Waals surface area contributed by atoms with E-state index in [1.54, 1.807) is 0 Å². The molecule has 82 valence electrons. The molecular formula is C10H13NO4. The largest absolute Gasteiger partial charge is 0.504 e. The molecule has 5 heteroatoms. The van der Waals surface area contributed by atoms with Crippen molar-refractivity contribution in [1.82, 2.24) is 0 Å². The van der Waals surface area contributed by atoms with Crippen LogP contribution in [0.1, 0.15) is 22.8 Å². The van der Waals surface area contributed by atoms with Crippen molar-refractivity contribution in [1.29, 1.82) is 0 Å². The second-order valence-corrected chi connectivity index (χ2v) is 3.08. The number of phenols is 1. The van der Waals surface area contributed by atoms with Gasteiger partial charge in [-0.15, -0.1) is 0 Å². The Morgan fingerprint density at radius 1 is 1.60 bits per heavy atom. The first-order chi connectivity index (χ1) is 7.02. The summed E-state index contributed by atoms with van der Waals surface area (Å²) in [4.78, 5) is 11.2. The van der Waals surface area contributed by atoms with E-state index in [0.29, 0.717) is 0 Å². The summed E-state index contributed by atoms with van der Waals surface area (Å²) in [6, 6.07) is 1.35. The second kappa shape index (κ2) is 4.18. The Hall–Kier alpha value is -1.75. The van der Waals surface area contributed by atoms with Crippen molar-refractivity contribution in [3.8, 4) is 11.5 Å². The molecule has 0 heterocycles. The minimum Gasteiger partial charge on any atom is -0.504 e. The number of hydrogen-bond acceptors (Lipinski definition) is 5. The number of Topliss-reactive ketones (excluding diaryl/α,β-unsaturated/α-hetero) is 1. The molecular weight excluding hydrogens is 198 g/mol. The van der Waals surface area contributed by atoms with Crippen LogP contribution >= 0.6 is 0 Å². The minimum atomic E-state index is -0.449. The van der Waals surface area contributed by atoms with Gasteiger partial charge in [0.25, 0.3) is 0 Å². The monoisotopic (exact) mass is 211 g/mol. The predicted molar refractivity (Wildman–Crippen MR) is 55.0 cm³/mol. The summed E-state index contributed by atoms with van der Waals surface area (Å²) in [5, 5.41) is 18.6. The molecule has 0 unspecified atom stereocenters. The van der Waals surface area contributed by atoms with Crippen molar-refractivity contribution in [2.75, 3.05) is 12.8 Å². The van der Waals surface area contributed by atoms with E-state index in [9.17, 15) is 9.90 Å². The average Bonchev–Trinajstić information content (AvgIpc) is 2.18. The number of ketones is 1. The van der Waals surface area contributed by atoms with Crippen LogP contribution in [0.3, 0.4) is 0 Å². The molecule has 0 aliphatic carbocycles. The molecule has 0 aromatic heterocycles. The predicted octanol–water partition coefficient (Wildman–Crippen LogP) is 0.678. The Bertz CT molecular complexity index is 401. The fraction of sp³-hybridized carbons (Fsp3) is 0.300. The number of aromatic hydroxyl groups is 1. The smallest absolute Gasteiger partial charge is 0.165 e. The molecule has 5 nitrogen and oxygen atoms in total. The molecule has 0 amide bonds. The van der Waals surface area contributed by atoms with Gasteiger partial charge in [-0.3, -0.25) is 4.79 Å². The Kier molecular flexibility index (Phi) is 3.16. The van der Waals surface area contributed by atoms with Gasteiger partial charge in [0, 0.05) is 11.1 Å². The first-order valence-electron chi connectivity index (χ1n) is 4.33. The van der Waals surface area contributed by atoms with E-state index < -0.39 is 6.61 Å². The third-order valence-corrected chi connectivity index (χ3v) is 2.17. The number of ether oxygens (including phenoxy) is 1. The highest BCUT2D eigenvalue weighted by Gasteiger charge is 2.17. The molecule has 0 aliphatic heterocycles. The zero-order valence-electron chi connectivity index (χ0n) is 8.57. The molecule has 15 heavy (non-hydrogen) atoms. The number of carbonyl (C=O) groups is 1. The standard InChI is InChI=1S/C10H13NO4/c1-5(13)6-3-8(15-2)10(14)7(4-12)9(6)11/h3,12,14H,4,11H2,1-2H3. The maximum atomic E-state index is 11.2. The molecule has 0 saturated heterocycles. The fourth-order valence-electron chi connectivity index (χ4n) is 1.32. The number of methoxy groups -OCH3 is 1. The van der Waals surface area contributed by atoms with Crippen molar-refractivity contribution in [3.63, 3.8) is 0 Å². The van der Waals surface area contributed by atoms with E-state index in [2.05, 4.69) is 0 Å². The van der Waals surface area contributed by atoms with Crippen LogP contribution in [0.4, 0.5) is 5.69 Å². The molecule has 0 bridgehead atoms. The normalized spacial score (nSPS) is 10.1. The summed E-state index contributed by atoms with van der Waals surface area (Å²) in [5.41, 5.74) is 6.05. The van der Waals surface area contributed by atoms with Gasteiger partial charge in [-0.05, 0) is 13.0 Å². The fourth-order valence-corrected chi connectivity index (χ4v) is 1.32. The van der Waals surface area contributed by atoms with Crippen LogP contribution in [0, 0.1) is 0 Å². The van der Waals surface area contributed by atoms with Crippen LogP contribution in [0.15, 0.2) is 6.07 Å². The van der Waals surface area contributed by atoms with Crippen LogP contribution in [-0.4, -0.2) is 23.1 Å². The Morgan fingerprint density at radius 2 is 2.20 bits per heavy atom. The number of nitrogen functional groups attached to an aromatic ring is 1. The van der Waals surface area contributed by atoms with Gasteiger partial charge < -0.3 is 20.7 Å². The van der Waals surface area contributed by atoms with Gasteiger partial charge in [-0.1, -0.05) is 0 Å². The molecule has 1 aromatic rings. The van der Waals surface area contributed by atoms with E-state index in [1.807, 2.05) is 0 Å². The molecule has 0 radical (unpaired) electrons. The molecule has 0 fully saturated rings. The quantitative estimate of drug-likeness (QED) is 0.505. The van der Waals surface area contributed by atoms with E-state index in [4.69, 9.17) is 15.6 Å². The molecule has 1 aromatic carbocycles. The number of carbonyl (C=O) groups excluding carboxylic acids is 1. The number of hydrogen-bond donors (Lipinski definition) is 3. The number of anilines is 1. The van der Waals surface area contributed by atoms with Crippen molar-refractivity contribution >= 4 is 11.5 Å². The highest BCUT2D eigenvalue weighted by atomic mass is 16.5. The zero-order valence-corrected chi connectivity index (χ0v) is 8.57. The molecule has 4 N–H and O–H groups in total. The lowest BCUT2D eigenvalue weighted by molar-refractivity contribution is 0.101. The Labute approximate surface area is 87.1 Å². The number of aliphatic hydroxyl groups is 1. The molecule has 0 atom stereocenters. The van der Waals surface area contributed by atoms with Gasteiger partial charge in [0.2, 0.25) is 0 Å². The summed E-state index contributed by atoms with van der Waals surface area (Å²) in [6.45, 7) is 0.901. The summed E-state index contributed by atoms with van der Waals surface area (Å²) in [7, 11) is 1.36. The first kappa shape index (κ1) is 11.3. The highest BCUT2D eigenvalue weighted by Crippen LogP contribution is 2.36. The molecule has 0 saturated carbocycles. The summed E-state index contributed by atoms with van der Waals surface area (Å²) in [5.74, 6) is -0.360. The Morgan fingerprint density at radius 3 is 2.60 bits per heavy atom. The number of benzene rings is 1. The third-order valence-electron chi connectivity index (χ3n) is 2.17. The van der Waals surface area contributed by atoms with Crippen LogP contribution in [0.5, 0.6) is 11.5 Å². The lowest BCUT2D eigenvalue weighted by Gasteiger charge is -2.13. The van der Waals surface area contributed by atoms with Gasteiger partial charge in [0.05, 0.1) is 19.4 Å². The first-order valence-corrected chi connectivity index (χ1v) is 4.33. The highest BCUT2D eigenvalue weighted by molar-refractivity contribution is 6.00. The van der Waals surface area contributed by atoms with Gasteiger partial charge >= 0.3 is 0 Å². The zero-order chi connectivity index (χ0) is 11.6. The van der Waals surface area contributed by atoms with E-state index in [0.717, 1.165) is 0 Å². The van der Waals surface area contributed by atoms with Crippen molar-refractivity contribution < 1.29 is 19.7 Å². The average molecular weight is 211 g/mol. The van der Waals surface area contributed by atoms with Gasteiger partial charge in [-0.2, -0.15) is 0 Å². The third kappa shape index (κ3) is 1.87.